The molecule has 13 heavy (non-hydrogen) atoms. The third kappa shape index (κ3) is 1.72. The van der Waals surface area contributed by atoms with Crippen LogP contribution in [0.2, 0.25) is 0 Å². The van der Waals surface area contributed by atoms with E-state index in [1.165, 1.54) is 12.1 Å². The zero-order valence-corrected chi connectivity index (χ0v) is 7.55. The van der Waals surface area contributed by atoms with Gasteiger partial charge in [-0.05, 0) is 24.3 Å². The normalized spacial score (nSPS) is 10.3. The van der Waals surface area contributed by atoms with Crippen LogP contribution in [0.5, 0.6) is 0 Å². The summed E-state index contributed by atoms with van der Waals surface area (Å²) in [7, 11) is 0. The van der Waals surface area contributed by atoms with Gasteiger partial charge >= 0.3 is 0 Å². The van der Waals surface area contributed by atoms with Crippen LogP contribution in [0, 0.1) is 5.82 Å². The summed E-state index contributed by atoms with van der Waals surface area (Å²) in [5.41, 5.74) is 1.64. The SMILES string of the molecule is Fc1ccc(-c2c[nH]c(S)n2)cc1. The highest BCUT2D eigenvalue weighted by Crippen LogP contribution is 2.17. The molecule has 0 aliphatic carbocycles. The van der Waals surface area contributed by atoms with Gasteiger partial charge in [0.15, 0.2) is 5.16 Å². The van der Waals surface area contributed by atoms with Gasteiger partial charge < -0.3 is 4.98 Å². The van der Waals surface area contributed by atoms with Gasteiger partial charge in [-0.1, -0.05) is 0 Å². The van der Waals surface area contributed by atoms with Gasteiger partial charge in [-0.25, -0.2) is 9.37 Å². The molecule has 1 heterocycles. The van der Waals surface area contributed by atoms with E-state index in [0.29, 0.717) is 5.16 Å². The molecule has 2 aromatic rings. The number of aromatic nitrogens is 2. The fourth-order valence-electron chi connectivity index (χ4n) is 1.08. The van der Waals surface area contributed by atoms with E-state index in [9.17, 15) is 4.39 Å². The Hall–Kier alpha value is -1.29. The molecule has 1 N–H and O–H groups in total. The highest BCUT2D eigenvalue weighted by molar-refractivity contribution is 7.80. The van der Waals surface area contributed by atoms with E-state index >= 15 is 0 Å². The molecule has 0 fully saturated rings. The second kappa shape index (κ2) is 3.22. The summed E-state index contributed by atoms with van der Waals surface area (Å²) in [5, 5.41) is 0.555. The minimum atomic E-state index is -0.245. The van der Waals surface area contributed by atoms with Crippen molar-refractivity contribution >= 4 is 12.6 Å². The number of rotatable bonds is 1. The molecule has 0 atom stereocenters. The third-order valence-electron chi connectivity index (χ3n) is 1.70. The highest BCUT2D eigenvalue weighted by Gasteiger charge is 2.00. The van der Waals surface area contributed by atoms with E-state index < -0.39 is 0 Å². The maximum Gasteiger partial charge on any atom is 0.162 e. The molecular formula is C9H7FN2S. The predicted octanol–water partition coefficient (Wildman–Crippen LogP) is 2.50. The lowest BCUT2D eigenvalue weighted by molar-refractivity contribution is 0.628. The van der Waals surface area contributed by atoms with Crippen molar-refractivity contribution in [3.8, 4) is 11.3 Å². The number of hydrogen-bond donors (Lipinski definition) is 2. The number of aromatic amines is 1. The number of benzene rings is 1. The Morgan fingerprint density at radius 2 is 1.92 bits per heavy atom. The molecule has 1 aromatic carbocycles. The summed E-state index contributed by atoms with van der Waals surface area (Å²) in [6, 6.07) is 6.17. The van der Waals surface area contributed by atoms with E-state index in [2.05, 4.69) is 22.6 Å². The van der Waals surface area contributed by atoms with Crippen molar-refractivity contribution in [2.75, 3.05) is 0 Å². The van der Waals surface area contributed by atoms with Gasteiger partial charge in [0, 0.05) is 11.8 Å². The Morgan fingerprint density at radius 1 is 1.23 bits per heavy atom. The van der Waals surface area contributed by atoms with Gasteiger partial charge in [-0.3, -0.25) is 0 Å². The zero-order valence-electron chi connectivity index (χ0n) is 6.66. The fourth-order valence-corrected chi connectivity index (χ4v) is 1.25. The van der Waals surface area contributed by atoms with Gasteiger partial charge in [0.05, 0.1) is 5.69 Å². The van der Waals surface area contributed by atoms with Crippen LogP contribution in [-0.2, 0) is 0 Å². The van der Waals surface area contributed by atoms with Crippen molar-refractivity contribution in [3.63, 3.8) is 0 Å². The minimum Gasteiger partial charge on any atom is -0.339 e. The van der Waals surface area contributed by atoms with E-state index in [4.69, 9.17) is 0 Å². The van der Waals surface area contributed by atoms with Gasteiger partial charge in [-0.15, -0.1) is 12.6 Å². The summed E-state index contributed by atoms with van der Waals surface area (Å²) in [5.74, 6) is -0.245. The van der Waals surface area contributed by atoms with Crippen LogP contribution in [0.25, 0.3) is 11.3 Å². The number of H-pyrrole nitrogens is 1. The molecule has 0 radical (unpaired) electrons. The molecule has 0 unspecified atom stereocenters. The molecule has 0 spiro atoms. The molecule has 4 heteroatoms. The lowest BCUT2D eigenvalue weighted by Gasteiger charge is -1.94. The topological polar surface area (TPSA) is 28.7 Å². The number of thiol groups is 1. The number of nitrogens with zero attached hydrogens (tertiary/aromatic N) is 1. The van der Waals surface area contributed by atoms with Gasteiger partial charge in [-0.2, -0.15) is 0 Å². The average molecular weight is 194 g/mol. The molecule has 0 saturated heterocycles. The maximum atomic E-state index is 12.6. The summed E-state index contributed by atoms with van der Waals surface area (Å²) < 4.78 is 12.6. The van der Waals surface area contributed by atoms with Gasteiger partial charge in [0.2, 0.25) is 0 Å². The summed E-state index contributed by atoms with van der Waals surface area (Å²) >= 11 is 4.03. The summed E-state index contributed by atoms with van der Waals surface area (Å²) in [4.78, 5) is 6.94. The predicted molar refractivity (Wildman–Crippen MR) is 51.2 cm³/mol. The van der Waals surface area contributed by atoms with Crippen molar-refractivity contribution in [1.29, 1.82) is 0 Å². The molecule has 0 saturated carbocycles. The molecule has 2 nitrogen and oxygen atoms in total. The number of hydrogen-bond acceptors (Lipinski definition) is 2. The summed E-state index contributed by atoms with van der Waals surface area (Å²) in [6.07, 6.45) is 1.73. The zero-order chi connectivity index (χ0) is 9.26. The second-order valence-corrected chi connectivity index (χ2v) is 3.04. The first-order valence-corrected chi connectivity index (χ1v) is 4.21. The van der Waals surface area contributed by atoms with Crippen molar-refractivity contribution in [2.45, 2.75) is 5.16 Å². The molecule has 66 valence electrons. The number of nitrogens with one attached hydrogen (secondary N) is 1. The van der Waals surface area contributed by atoms with Crippen LogP contribution >= 0.6 is 12.6 Å². The van der Waals surface area contributed by atoms with Crippen molar-refractivity contribution in [3.05, 3.63) is 36.3 Å². The van der Waals surface area contributed by atoms with Gasteiger partial charge in [0.1, 0.15) is 5.82 Å². The highest BCUT2D eigenvalue weighted by atomic mass is 32.1. The Labute approximate surface area is 80.2 Å². The fraction of sp³-hybridized carbons (Fsp3) is 0. The van der Waals surface area contributed by atoms with Crippen LogP contribution in [0.15, 0.2) is 35.6 Å². The Balaban J connectivity index is 2.41. The molecule has 0 amide bonds. The number of halogens is 1. The first-order chi connectivity index (χ1) is 6.25. The quantitative estimate of drug-likeness (QED) is 0.671. The molecule has 2 rings (SSSR count). The molecule has 0 aliphatic heterocycles. The molecule has 0 aliphatic rings. The van der Waals surface area contributed by atoms with Crippen molar-refractivity contribution in [2.24, 2.45) is 0 Å². The van der Waals surface area contributed by atoms with Crippen LogP contribution in [0.3, 0.4) is 0 Å². The average Bonchev–Trinajstić information content (AvgIpc) is 2.53. The van der Waals surface area contributed by atoms with E-state index in [1.54, 1.807) is 18.3 Å². The van der Waals surface area contributed by atoms with Crippen LogP contribution in [-0.4, -0.2) is 9.97 Å². The van der Waals surface area contributed by atoms with Crippen LogP contribution in [0.4, 0.5) is 4.39 Å². The Kier molecular flexibility index (Phi) is 2.06. The van der Waals surface area contributed by atoms with Gasteiger partial charge in [0.25, 0.3) is 0 Å². The smallest absolute Gasteiger partial charge is 0.162 e. The Morgan fingerprint density at radius 3 is 2.46 bits per heavy atom. The number of imidazole rings is 1. The van der Waals surface area contributed by atoms with Crippen molar-refractivity contribution < 1.29 is 4.39 Å². The lowest BCUT2D eigenvalue weighted by atomic mass is 10.2. The Bertz CT molecular complexity index is 408. The summed E-state index contributed by atoms with van der Waals surface area (Å²) in [6.45, 7) is 0. The largest absolute Gasteiger partial charge is 0.339 e. The van der Waals surface area contributed by atoms with Crippen LogP contribution < -0.4 is 0 Å². The minimum absolute atomic E-state index is 0.245. The third-order valence-corrected chi connectivity index (χ3v) is 1.93. The second-order valence-electron chi connectivity index (χ2n) is 2.62. The first-order valence-electron chi connectivity index (χ1n) is 3.76. The van der Waals surface area contributed by atoms with Crippen LogP contribution in [0.1, 0.15) is 0 Å². The standard InChI is InChI=1S/C9H7FN2S/c10-7-3-1-6(2-4-7)8-5-11-9(13)12-8/h1-5H,(H2,11,12,13). The van der Waals surface area contributed by atoms with Crippen molar-refractivity contribution in [1.82, 2.24) is 9.97 Å². The first kappa shape index (κ1) is 8.31. The maximum absolute atomic E-state index is 12.6. The molecular weight excluding hydrogens is 187 g/mol. The van der Waals surface area contributed by atoms with E-state index in [-0.39, 0.29) is 5.82 Å². The monoisotopic (exact) mass is 194 g/mol. The van der Waals surface area contributed by atoms with E-state index in [0.717, 1.165) is 11.3 Å². The molecule has 1 aromatic heterocycles. The van der Waals surface area contributed by atoms with E-state index in [1.807, 2.05) is 0 Å². The lowest BCUT2D eigenvalue weighted by Crippen LogP contribution is -1.78. The molecule has 0 bridgehead atoms.